The van der Waals surface area contributed by atoms with E-state index in [2.05, 4.69) is 37.5 Å². The second-order valence-corrected chi connectivity index (χ2v) is 8.09. The predicted octanol–water partition coefficient (Wildman–Crippen LogP) is -3.53. The Hall–Kier alpha value is 0.420. The Balaban J connectivity index is 0.00000288. The number of piperazine rings is 1. The molecule has 4 unspecified atom stereocenters. The van der Waals surface area contributed by atoms with E-state index in [1.165, 1.54) is 12.8 Å². The average molecular weight is 397 g/mol. The lowest BCUT2D eigenvalue weighted by atomic mass is 9.75. The van der Waals surface area contributed by atoms with Crippen molar-refractivity contribution in [2.24, 2.45) is 17.8 Å². The highest BCUT2D eigenvalue weighted by Gasteiger charge is 2.31. The molecule has 1 aliphatic carbocycles. The van der Waals surface area contributed by atoms with Gasteiger partial charge in [-0.3, -0.25) is 4.90 Å². The topological polar surface area (TPSA) is 35.9 Å². The Morgan fingerprint density at radius 2 is 1.64 bits per heavy atom. The minimum absolute atomic E-state index is 0. The molecule has 4 atom stereocenters. The molecule has 2 aliphatic rings. The van der Waals surface area contributed by atoms with Gasteiger partial charge in [-0.05, 0) is 37.1 Å². The van der Waals surface area contributed by atoms with E-state index in [4.69, 9.17) is 4.74 Å². The first-order valence-electron chi connectivity index (χ1n) is 9.74. The number of hydrogen-bond acceptors (Lipinski definition) is 4. The van der Waals surface area contributed by atoms with Crippen LogP contribution in [0.25, 0.3) is 0 Å². The molecule has 2 fully saturated rings. The molecule has 1 saturated heterocycles. The number of aliphatic hydroxyl groups is 1. The first kappa shape index (κ1) is 25.4. The third kappa shape index (κ3) is 8.32. The van der Waals surface area contributed by atoms with Gasteiger partial charge >= 0.3 is 0 Å². The van der Waals surface area contributed by atoms with Gasteiger partial charge in [-0.1, -0.05) is 34.1 Å². The standard InChI is InChI=1S/C19H38N2O2.2ClH/c1-5-20-8-10-21(11-9-20)13-17(22)14-23-19-12-16(4)6-7-18(19)15(2)3;;/h15-19,22H,5-14H2,1-4H3;2*1H/p-2. The van der Waals surface area contributed by atoms with E-state index in [1.54, 1.807) is 0 Å². The van der Waals surface area contributed by atoms with Gasteiger partial charge in [0.05, 0.1) is 18.8 Å². The summed E-state index contributed by atoms with van der Waals surface area (Å²) >= 11 is 0. The highest BCUT2D eigenvalue weighted by molar-refractivity contribution is 4.82. The Morgan fingerprint density at radius 3 is 2.20 bits per heavy atom. The fourth-order valence-corrected chi connectivity index (χ4v) is 4.18. The van der Waals surface area contributed by atoms with Gasteiger partial charge in [0.2, 0.25) is 0 Å². The summed E-state index contributed by atoms with van der Waals surface area (Å²) in [5.41, 5.74) is 0. The van der Waals surface area contributed by atoms with Gasteiger partial charge in [-0.15, -0.1) is 0 Å². The minimum Gasteiger partial charge on any atom is -1.00 e. The van der Waals surface area contributed by atoms with Crippen molar-refractivity contribution in [3.8, 4) is 0 Å². The third-order valence-corrected chi connectivity index (χ3v) is 5.85. The minimum atomic E-state index is -0.353. The van der Waals surface area contributed by atoms with Crippen LogP contribution in [0.2, 0.25) is 0 Å². The van der Waals surface area contributed by atoms with Gasteiger partial charge in [0.1, 0.15) is 0 Å². The molecule has 0 aromatic carbocycles. The molecule has 0 bridgehead atoms. The van der Waals surface area contributed by atoms with Gasteiger partial charge in [-0.25, -0.2) is 0 Å². The third-order valence-electron chi connectivity index (χ3n) is 5.85. The van der Waals surface area contributed by atoms with Crippen LogP contribution in [0.3, 0.4) is 0 Å². The molecule has 1 heterocycles. The molecule has 1 aliphatic heterocycles. The van der Waals surface area contributed by atoms with Crippen LogP contribution in [0.4, 0.5) is 0 Å². The molecule has 152 valence electrons. The van der Waals surface area contributed by atoms with Crippen molar-refractivity contribution in [1.29, 1.82) is 0 Å². The number of likely N-dealkylation sites (N-methyl/N-ethyl adjacent to an activating group) is 1. The van der Waals surface area contributed by atoms with E-state index < -0.39 is 0 Å². The average Bonchev–Trinajstić information content (AvgIpc) is 2.53. The zero-order valence-corrected chi connectivity index (χ0v) is 18.0. The first-order chi connectivity index (χ1) is 11.0. The highest BCUT2D eigenvalue weighted by atomic mass is 35.5. The van der Waals surface area contributed by atoms with Crippen molar-refractivity contribution in [1.82, 2.24) is 9.80 Å². The van der Waals surface area contributed by atoms with Crippen LogP contribution in [-0.2, 0) is 4.74 Å². The molecule has 0 aromatic rings. The van der Waals surface area contributed by atoms with Crippen molar-refractivity contribution < 1.29 is 34.7 Å². The van der Waals surface area contributed by atoms with Crippen LogP contribution in [-0.4, -0.2) is 73.0 Å². The van der Waals surface area contributed by atoms with E-state index in [1.807, 2.05) is 0 Å². The fourth-order valence-electron chi connectivity index (χ4n) is 4.18. The lowest BCUT2D eigenvalue weighted by Crippen LogP contribution is -3.00. The van der Waals surface area contributed by atoms with E-state index in [0.717, 1.165) is 51.6 Å². The van der Waals surface area contributed by atoms with Gasteiger partial charge in [-0.2, -0.15) is 0 Å². The Labute approximate surface area is 167 Å². The molecule has 6 heteroatoms. The SMILES string of the molecule is CCN1CCN(CC(O)COC2CC(C)CCC2C(C)C)CC1.[Cl-].[Cl-]. The number of rotatable bonds is 7. The van der Waals surface area contributed by atoms with Crippen LogP contribution in [0.1, 0.15) is 47.0 Å². The summed E-state index contributed by atoms with van der Waals surface area (Å²) < 4.78 is 6.19. The number of hydrogen-bond donors (Lipinski definition) is 1. The summed E-state index contributed by atoms with van der Waals surface area (Å²) in [5.74, 6) is 2.09. The number of nitrogens with zero attached hydrogens (tertiary/aromatic N) is 2. The zero-order chi connectivity index (χ0) is 16.8. The molecule has 1 N–H and O–H groups in total. The monoisotopic (exact) mass is 396 g/mol. The molecular formula is C19H38Cl2N2O2-2. The molecule has 0 spiro atoms. The summed E-state index contributed by atoms with van der Waals surface area (Å²) in [5, 5.41) is 10.4. The van der Waals surface area contributed by atoms with E-state index in [0.29, 0.717) is 24.5 Å². The fraction of sp³-hybridized carbons (Fsp3) is 1.00. The summed E-state index contributed by atoms with van der Waals surface area (Å²) in [4.78, 5) is 4.85. The van der Waals surface area contributed by atoms with E-state index in [-0.39, 0.29) is 30.9 Å². The quantitative estimate of drug-likeness (QED) is 0.483. The lowest BCUT2D eigenvalue weighted by Gasteiger charge is -2.38. The largest absolute Gasteiger partial charge is 1.00 e. The maximum Gasteiger partial charge on any atom is 0.0900 e. The van der Waals surface area contributed by atoms with Gasteiger partial charge < -0.3 is 39.6 Å². The first-order valence-corrected chi connectivity index (χ1v) is 9.74. The van der Waals surface area contributed by atoms with Gasteiger partial charge in [0, 0.05) is 32.7 Å². The van der Waals surface area contributed by atoms with E-state index in [9.17, 15) is 5.11 Å². The summed E-state index contributed by atoms with van der Waals surface area (Å²) in [6.07, 6.45) is 3.74. The van der Waals surface area contributed by atoms with Crippen molar-refractivity contribution >= 4 is 0 Å². The molecule has 0 aromatic heterocycles. The number of ether oxygens (including phenoxy) is 1. The second kappa shape index (κ2) is 12.7. The second-order valence-electron chi connectivity index (χ2n) is 8.09. The lowest BCUT2D eigenvalue weighted by molar-refractivity contribution is -0.0753. The smallest absolute Gasteiger partial charge is 0.0900 e. The van der Waals surface area contributed by atoms with Crippen LogP contribution >= 0.6 is 0 Å². The summed E-state index contributed by atoms with van der Waals surface area (Å²) in [6.45, 7) is 15.9. The molecule has 1 saturated carbocycles. The van der Waals surface area contributed by atoms with Crippen LogP contribution < -0.4 is 24.8 Å². The number of β-amino-alcohol motifs (C(OH)–C–C–N with tert-alkyl or cyclic N) is 1. The zero-order valence-electron chi connectivity index (χ0n) is 16.5. The van der Waals surface area contributed by atoms with Gasteiger partial charge in [0.15, 0.2) is 0 Å². The van der Waals surface area contributed by atoms with Crippen LogP contribution in [0.5, 0.6) is 0 Å². The van der Waals surface area contributed by atoms with Crippen LogP contribution in [0, 0.1) is 17.8 Å². The van der Waals surface area contributed by atoms with Crippen molar-refractivity contribution in [3.05, 3.63) is 0 Å². The Kier molecular flexibility index (Phi) is 13.0. The summed E-state index contributed by atoms with van der Waals surface area (Å²) in [7, 11) is 0. The van der Waals surface area contributed by atoms with E-state index >= 15 is 0 Å². The number of aliphatic hydroxyl groups excluding tert-OH is 1. The predicted molar refractivity (Wildman–Crippen MR) is 95.6 cm³/mol. The van der Waals surface area contributed by atoms with Crippen molar-refractivity contribution in [2.75, 3.05) is 45.9 Å². The maximum absolute atomic E-state index is 10.4. The summed E-state index contributed by atoms with van der Waals surface area (Å²) in [6, 6.07) is 0. The van der Waals surface area contributed by atoms with Crippen LogP contribution in [0.15, 0.2) is 0 Å². The normalized spacial score (nSPS) is 29.8. The molecule has 0 amide bonds. The Morgan fingerprint density at radius 1 is 1.04 bits per heavy atom. The molecule has 4 nitrogen and oxygen atoms in total. The van der Waals surface area contributed by atoms with Crippen molar-refractivity contribution in [3.63, 3.8) is 0 Å². The maximum atomic E-state index is 10.4. The Bertz CT molecular complexity index is 339. The molecular weight excluding hydrogens is 359 g/mol. The number of halogens is 2. The van der Waals surface area contributed by atoms with Crippen molar-refractivity contribution in [2.45, 2.75) is 59.2 Å². The molecule has 2 rings (SSSR count). The molecule has 25 heavy (non-hydrogen) atoms. The molecule has 0 radical (unpaired) electrons. The van der Waals surface area contributed by atoms with Gasteiger partial charge in [0.25, 0.3) is 0 Å². The highest BCUT2D eigenvalue weighted by Crippen LogP contribution is 2.35.